The number of carbonyl (C=O) groups is 9. The van der Waals surface area contributed by atoms with Gasteiger partial charge < -0.3 is 63.8 Å². The normalized spacial score (nSPS) is 26.1. The monoisotopic (exact) mass is 803 g/mol. The Hall–Kier alpha value is -4.84. The van der Waals surface area contributed by atoms with E-state index in [0.717, 1.165) is 4.90 Å². The van der Waals surface area contributed by atoms with E-state index in [1.165, 1.54) is 13.8 Å². The zero-order chi connectivity index (χ0) is 40.7. The Bertz CT molecular complexity index is 1470. The average Bonchev–Trinajstić information content (AvgIpc) is 3.59. The number of guanidine groups is 1. The fourth-order valence-corrected chi connectivity index (χ4v) is 5.87. The van der Waals surface area contributed by atoms with Crippen molar-refractivity contribution in [2.75, 3.05) is 38.5 Å². The van der Waals surface area contributed by atoms with E-state index in [-0.39, 0.29) is 44.1 Å². The highest BCUT2D eigenvalue weighted by molar-refractivity contribution is 7.81. The van der Waals surface area contributed by atoms with Crippen LogP contribution in [0.2, 0.25) is 0 Å². The van der Waals surface area contributed by atoms with Gasteiger partial charge >= 0.3 is 5.97 Å². The first-order valence-electron chi connectivity index (χ1n) is 16.9. The summed E-state index contributed by atoms with van der Waals surface area (Å²) in [5, 5.41) is 35.9. The maximum Gasteiger partial charge on any atom is 0.305 e. The van der Waals surface area contributed by atoms with Crippen LogP contribution in [-0.4, -0.2) is 154 Å². The Morgan fingerprint density at radius 3 is 1.96 bits per heavy atom. The van der Waals surface area contributed by atoms with Gasteiger partial charge in [0.15, 0.2) is 5.96 Å². The minimum Gasteiger partial charge on any atom is -0.481 e. The Kier molecular flexibility index (Phi) is 17.8. The SMILES string of the molecule is CC(C)(S)[C@H]1NC(=O)[C@H](CS)NC(=O)[C@@H]2CCCN2C(=O)[C@H](CO)NC(=O)[C@H](CC(=O)O)NC(=O)CNC(=O)[C@H](CCCN=C(N)N)NC(=O)CNC1=O. The molecule has 54 heavy (non-hydrogen) atoms. The predicted molar refractivity (Wildman–Crippen MR) is 197 cm³/mol. The second kappa shape index (κ2) is 21.2. The summed E-state index contributed by atoms with van der Waals surface area (Å²) in [6, 6.07) is -8.61. The summed E-state index contributed by atoms with van der Waals surface area (Å²) in [7, 11) is 0. The summed E-state index contributed by atoms with van der Waals surface area (Å²) in [6.07, 6.45) is -0.370. The molecule has 0 aromatic rings. The predicted octanol–water partition coefficient (Wildman–Crippen LogP) is -6.19. The molecular weight excluding hydrogens is 755 g/mol. The molecule has 2 fully saturated rings. The lowest BCUT2D eigenvalue weighted by Gasteiger charge is -2.32. The van der Waals surface area contributed by atoms with Gasteiger partial charge in [-0.1, -0.05) is 0 Å². The summed E-state index contributed by atoms with van der Waals surface area (Å²) >= 11 is 8.59. The second-order valence-electron chi connectivity index (χ2n) is 13.0. The van der Waals surface area contributed by atoms with Crippen LogP contribution in [-0.2, 0) is 43.2 Å². The Balaban J connectivity index is 2.47. The van der Waals surface area contributed by atoms with E-state index in [1.54, 1.807) is 0 Å². The molecule has 2 aliphatic heterocycles. The van der Waals surface area contributed by atoms with Gasteiger partial charge in [0.05, 0.1) is 26.1 Å². The van der Waals surface area contributed by atoms with E-state index in [9.17, 15) is 53.4 Å². The first-order chi connectivity index (χ1) is 25.3. The van der Waals surface area contributed by atoms with Gasteiger partial charge in [-0.25, -0.2) is 0 Å². The summed E-state index contributed by atoms with van der Waals surface area (Å²) in [4.78, 5) is 122. The van der Waals surface area contributed by atoms with Gasteiger partial charge in [-0.05, 0) is 39.5 Å². The number of aliphatic hydroxyl groups is 1. The fourth-order valence-electron chi connectivity index (χ4n) is 5.44. The molecule has 24 heteroatoms. The van der Waals surface area contributed by atoms with Crippen molar-refractivity contribution in [2.24, 2.45) is 16.5 Å². The molecule has 0 aromatic carbocycles. The van der Waals surface area contributed by atoms with E-state index in [1.807, 2.05) is 0 Å². The second-order valence-corrected chi connectivity index (χ2v) is 14.5. The number of nitrogens with one attached hydrogen (secondary N) is 7. The van der Waals surface area contributed by atoms with Crippen LogP contribution in [0.3, 0.4) is 0 Å². The Labute approximate surface area is 321 Å². The highest BCUT2D eigenvalue weighted by Crippen LogP contribution is 2.20. The molecule has 0 bridgehead atoms. The number of carboxylic acids is 1. The molecule has 2 aliphatic rings. The smallest absolute Gasteiger partial charge is 0.305 e. The van der Waals surface area contributed by atoms with Crippen LogP contribution in [0.4, 0.5) is 0 Å². The molecule has 2 heterocycles. The van der Waals surface area contributed by atoms with Crippen LogP contribution in [0, 0.1) is 0 Å². The molecule has 0 unspecified atom stereocenters. The van der Waals surface area contributed by atoms with Crippen molar-refractivity contribution in [3.8, 4) is 0 Å². The van der Waals surface area contributed by atoms with Gasteiger partial charge in [-0.15, -0.1) is 0 Å². The highest BCUT2D eigenvalue weighted by Gasteiger charge is 2.41. The standard InChI is InChI=1S/C30H49N11O11S2/c1-30(2,54)22-27(51)35-11-19(43)36-14(5-3-7-33-29(31)32)23(47)34-10-20(44)37-15(9-21(45)46)24(48)38-16(12-42)28(52)41-8-4-6-18(41)26(50)39-17(13-53)25(49)40-22/h14-18,22,42,53-54H,3-13H2,1-2H3,(H,34,47)(H,35,51)(H,36,43)(H,37,44)(H,38,48)(H,39,50)(H,40,49)(H,45,46)(H4,31,32,33)/t14-,15-,16-,17-,18-,22-/m0/s1. The zero-order valence-electron chi connectivity index (χ0n) is 29.8. The molecule has 0 radical (unpaired) electrons. The van der Waals surface area contributed by atoms with Gasteiger partial charge in [0, 0.05) is 23.6 Å². The van der Waals surface area contributed by atoms with Crippen LogP contribution < -0.4 is 48.7 Å². The number of carboxylic acid groups (broad SMARTS) is 1. The minimum absolute atomic E-state index is 0.0228. The number of nitrogens with zero attached hydrogens (tertiary/aromatic N) is 2. The van der Waals surface area contributed by atoms with Crippen molar-refractivity contribution in [1.29, 1.82) is 0 Å². The van der Waals surface area contributed by atoms with E-state index < -0.39 is 120 Å². The lowest BCUT2D eigenvalue weighted by atomic mass is 10.0. The zero-order valence-corrected chi connectivity index (χ0v) is 31.5. The van der Waals surface area contributed by atoms with E-state index >= 15 is 0 Å². The first kappa shape index (κ1) is 45.3. The first-order valence-corrected chi connectivity index (χ1v) is 17.9. The van der Waals surface area contributed by atoms with Crippen molar-refractivity contribution in [1.82, 2.24) is 42.1 Å². The van der Waals surface area contributed by atoms with Gasteiger partial charge in [0.2, 0.25) is 47.3 Å². The molecule has 0 spiro atoms. The number of aliphatic carboxylic acids is 1. The van der Waals surface area contributed by atoms with Gasteiger partial charge in [-0.3, -0.25) is 48.1 Å². The maximum atomic E-state index is 13.5. The molecular formula is C30H49N11O11S2. The molecule has 302 valence electrons. The molecule has 0 saturated carbocycles. The summed E-state index contributed by atoms with van der Waals surface area (Å²) < 4.78 is -1.22. The highest BCUT2D eigenvalue weighted by atomic mass is 32.1. The summed E-state index contributed by atoms with van der Waals surface area (Å²) in [5.74, 6) is -9.28. The number of hydrogen-bond acceptors (Lipinski definition) is 13. The van der Waals surface area contributed by atoms with Crippen LogP contribution in [0.15, 0.2) is 4.99 Å². The Morgan fingerprint density at radius 2 is 1.41 bits per heavy atom. The van der Waals surface area contributed by atoms with Crippen LogP contribution >= 0.6 is 25.3 Å². The van der Waals surface area contributed by atoms with Crippen molar-refractivity contribution >= 4 is 84.4 Å². The molecule has 2 saturated heterocycles. The third kappa shape index (κ3) is 14.2. The number of thiol groups is 2. The summed E-state index contributed by atoms with van der Waals surface area (Å²) in [6.45, 7) is 0.671. The van der Waals surface area contributed by atoms with Gasteiger partial charge in [0.1, 0.15) is 36.3 Å². The summed E-state index contributed by atoms with van der Waals surface area (Å²) in [5.41, 5.74) is 10.7. The van der Waals surface area contributed by atoms with Crippen LogP contribution in [0.25, 0.3) is 0 Å². The quantitative estimate of drug-likeness (QED) is 0.0447. The number of amides is 8. The van der Waals surface area contributed by atoms with Crippen LogP contribution in [0.1, 0.15) is 46.0 Å². The number of fused-ring (bicyclic) bond motifs is 1. The molecule has 6 atom stereocenters. The average molecular weight is 804 g/mol. The minimum atomic E-state index is -1.78. The lowest BCUT2D eigenvalue weighted by molar-refractivity contribution is -0.144. The van der Waals surface area contributed by atoms with Crippen molar-refractivity contribution < 1.29 is 53.4 Å². The number of nitrogens with two attached hydrogens (primary N) is 2. The third-order valence-corrected chi connectivity index (χ3v) is 8.80. The molecule has 8 amide bonds. The molecule has 0 aliphatic carbocycles. The topological polar surface area (TPSA) is 346 Å². The number of rotatable bonds is 9. The molecule has 13 N–H and O–H groups in total. The number of aliphatic imine (C=N–C) groups is 1. The van der Waals surface area contributed by atoms with E-state index in [0.29, 0.717) is 6.42 Å². The molecule has 0 aromatic heterocycles. The third-order valence-electron chi connectivity index (χ3n) is 8.18. The van der Waals surface area contributed by atoms with Crippen molar-refractivity contribution in [3.63, 3.8) is 0 Å². The number of hydrogen-bond donors (Lipinski definition) is 13. The van der Waals surface area contributed by atoms with Crippen molar-refractivity contribution in [2.45, 2.75) is 86.9 Å². The van der Waals surface area contributed by atoms with E-state index in [2.05, 4.69) is 67.5 Å². The largest absolute Gasteiger partial charge is 0.481 e. The van der Waals surface area contributed by atoms with Crippen LogP contribution in [0.5, 0.6) is 0 Å². The lowest BCUT2D eigenvalue weighted by Crippen LogP contribution is -2.62. The number of carbonyl (C=O) groups excluding carboxylic acids is 8. The molecule has 22 nitrogen and oxygen atoms in total. The fraction of sp³-hybridized carbons (Fsp3) is 0.667. The molecule has 2 rings (SSSR count). The van der Waals surface area contributed by atoms with Crippen molar-refractivity contribution in [3.05, 3.63) is 0 Å². The number of aliphatic hydroxyl groups excluding tert-OH is 1. The van der Waals surface area contributed by atoms with E-state index in [4.69, 9.17) is 11.5 Å². The maximum absolute atomic E-state index is 13.5. The Morgan fingerprint density at radius 1 is 0.833 bits per heavy atom. The van der Waals surface area contributed by atoms with Gasteiger partial charge in [0.25, 0.3) is 0 Å². The van der Waals surface area contributed by atoms with Gasteiger partial charge in [-0.2, -0.15) is 25.3 Å².